The predicted octanol–water partition coefficient (Wildman–Crippen LogP) is 2.49. The highest BCUT2D eigenvalue weighted by molar-refractivity contribution is 6.35. The van der Waals surface area contributed by atoms with Crippen molar-refractivity contribution in [2.75, 3.05) is 0 Å². The number of rotatable bonds is 4. The van der Waals surface area contributed by atoms with Gasteiger partial charge in [-0.1, -0.05) is 51.0 Å². The zero-order chi connectivity index (χ0) is 15.2. The molecule has 0 heterocycles. The van der Waals surface area contributed by atoms with Crippen LogP contribution < -0.4 is 10.6 Å². The van der Waals surface area contributed by atoms with E-state index in [1.165, 1.54) is 5.56 Å². The number of nitrogens with one attached hydrogen (secondary N) is 2. The zero-order valence-corrected chi connectivity index (χ0v) is 12.8. The van der Waals surface area contributed by atoms with E-state index in [1.807, 2.05) is 12.1 Å². The summed E-state index contributed by atoms with van der Waals surface area (Å²) in [6.07, 6.45) is 4.23. The second-order valence-corrected chi connectivity index (χ2v) is 6.03. The molecule has 4 heteroatoms. The van der Waals surface area contributed by atoms with E-state index < -0.39 is 11.8 Å². The first-order valence-corrected chi connectivity index (χ1v) is 7.74. The molecule has 0 spiro atoms. The van der Waals surface area contributed by atoms with Crippen LogP contribution in [-0.4, -0.2) is 17.9 Å². The van der Waals surface area contributed by atoms with Crippen molar-refractivity contribution in [1.29, 1.82) is 0 Å². The minimum atomic E-state index is -0.546. The monoisotopic (exact) mass is 288 g/mol. The standard InChI is InChI=1S/C17H24N2O2/c1-12(2)14-9-7-13(8-10-14)11-18-16(20)17(21)19-15-5-3-4-6-15/h7-10,12,15H,3-6,11H2,1-2H3,(H,18,20)(H,19,21). The van der Waals surface area contributed by atoms with Crippen molar-refractivity contribution in [2.24, 2.45) is 0 Å². The van der Waals surface area contributed by atoms with E-state index in [-0.39, 0.29) is 6.04 Å². The van der Waals surface area contributed by atoms with Gasteiger partial charge in [0.25, 0.3) is 0 Å². The lowest BCUT2D eigenvalue weighted by Gasteiger charge is -2.12. The molecule has 2 N–H and O–H groups in total. The molecule has 2 amide bonds. The van der Waals surface area contributed by atoms with E-state index in [2.05, 4.69) is 36.6 Å². The van der Waals surface area contributed by atoms with Gasteiger partial charge in [0.15, 0.2) is 0 Å². The van der Waals surface area contributed by atoms with Gasteiger partial charge in [-0.15, -0.1) is 0 Å². The van der Waals surface area contributed by atoms with Gasteiger partial charge < -0.3 is 10.6 Å². The Morgan fingerprint density at radius 1 is 1.10 bits per heavy atom. The lowest BCUT2D eigenvalue weighted by Crippen LogP contribution is -2.43. The van der Waals surface area contributed by atoms with Crippen LogP contribution in [0.25, 0.3) is 0 Å². The number of hydrogen-bond donors (Lipinski definition) is 2. The van der Waals surface area contributed by atoms with Crippen LogP contribution in [0.3, 0.4) is 0 Å². The molecule has 1 aromatic rings. The fraction of sp³-hybridized carbons (Fsp3) is 0.529. The van der Waals surface area contributed by atoms with Gasteiger partial charge >= 0.3 is 11.8 Å². The minimum absolute atomic E-state index is 0.175. The van der Waals surface area contributed by atoms with Gasteiger partial charge in [-0.05, 0) is 29.9 Å². The average molecular weight is 288 g/mol. The number of hydrogen-bond acceptors (Lipinski definition) is 2. The normalized spacial score (nSPS) is 15.2. The Bertz CT molecular complexity index is 488. The summed E-state index contributed by atoms with van der Waals surface area (Å²) in [7, 11) is 0. The van der Waals surface area contributed by atoms with Crippen molar-refractivity contribution in [3.63, 3.8) is 0 Å². The average Bonchev–Trinajstić information content (AvgIpc) is 2.98. The quantitative estimate of drug-likeness (QED) is 0.836. The Labute approximate surface area is 126 Å². The first kappa shape index (κ1) is 15.5. The molecule has 0 atom stereocenters. The Morgan fingerprint density at radius 2 is 1.71 bits per heavy atom. The molecule has 0 saturated heterocycles. The summed E-state index contributed by atoms with van der Waals surface area (Å²) in [5.41, 5.74) is 2.27. The highest BCUT2D eigenvalue weighted by Gasteiger charge is 2.21. The second-order valence-electron chi connectivity index (χ2n) is 6.03. The van der Waals surface area contributed by atoms with E-state index in [1.54, 1.807) is 0 Å². The van der Waals surface area contributed by atoms with Crippen molar-refractivity contribution < 1.29 is 9.59 Å². The minimum Gasteiger partial charge on any atom is -0.345 e. The molecule has 114 valence electrons. The maximum absolute atomic E-state index is 11.8. The van der Waals surface area contributed by atoms with E-state index >= 15 is 0 Å². The SMILES string of the molecule is CC(C)c1ccc(CNC(=O)C(=O)NC2CCCC2)cc1. The summed E-state index contributed by atoms with van der Waals surface area (Å²) >= 11 is 0. The van der Waals surface area contributed by atoms with Crippen molar-refractivity contribution in [2.45, 2.75) is 58.0 Å². The van der Waals surface area contributed by atoms with E-state index in [0.29, 0.717) is 12.5 Å². The number of carbonyl (C=O) groups excluding carboxylic acids is 2. The molecule has 0 aromatic heterocycles. The summed E-state index contributed by atoms with van der Waals surface area (Å²) in [6, 6.07) is 8.28. The van der Waals surface area contributed by atoms with Crippen LogP contribution in [0.5, 0.6) is 0 Å². The lowest BCUT2D eigenvalue weighted by molar-refractivity contribution is -0.139. The molecule has 1 fully saturated rings. The molecule has 21 heavy (non-hydrogen) atoms. The highest BCUT2D eigenvalue weighted by Crippen LogP contribution is 2.17. The summed E-state index contributed by atoms with van der Waals surface area (Å²) in [5, 5.41) is 5.46. The zero-order valence-electron chi connectivity index (χ0n) is 12.8. The van der Waals surface area contributed by atoms with Crippen molar-refractivity contribution in [1.82, 2.24) is 10.6 Å². The van der Waals surface area contributed by atoms with Gasteiger partial charge in [0.05, 0.1) is 0 Å². The van der Waals surface area contributed by atoms with E-state index in [0.717, 1.165) is 31.2 Å². The molecule has 0 aliphatic heterocycles. The smallest absolute Gasteiger partial charge is 0.309 e. The van der Waals surface area contributed by atoms with Crippen LogP contribution in [-0.2, 0) is 16.1 Å². The number of carbonyl (C=O) groups is 2. The molecule has 1 aliphatic carbocycles. The summed E-state index contributed by atoms with van der Waals surface area (Å²) < 4.78 is 0. The Balaban J connectivity index is 1.78. The van der Waals surface area contributed by atoms with Crippen LogP contribution >= 0.6 is 0 Å². The first-order chi connectivity index (χ1) is 10.1. The van der Waals surface area contributed by atoms with Gasteiger partial charge in [-0.3, -0.25) is 9.59 Å². The Morgan fingerprint density at radius 3 is 2.29 bits per heavy atom. The summed E-state index contributed by atoms with van der Waals surface area (Å²) in [4.78, 5) is 23.5. The van der Waals surface area contributed by atoms with Crippen LogP contribution in [0, 0.1) is 0 Å². The summed E-state index contributed by atoms with van der Waals surface area (Å²) in [5.74, 6) is -0.568. The topological polar surface area (TPSA) is 58.2 Å². The van der Waals surface area contributed by atoms with Crippen LogP contribution in [0.15, 0.2) is 24.3 Å². The molecule has 1 saturated carbocycles. The molecule has 1 aliphatic rings. The number of amides is 2. The van der Waals surface area contributed by atoms with E-state index in [4.69, 9.17) is 0 Å². The van der Waals surface area contributed by atoms with Crippen LogP contribution in [0.1, 0.15) is 56.6 Å². The first-order valence-electron chi connectivity index (χ1n) is 7.74. The largest absolute Gasteiger partial charge is 0.345 e. The third-order valence-electron chi connectivity index (χ3n) is 4.00. The molecule has 0 radical (unpaired) electrons. The molecule has 1 aromatic carbocycles. The Kier molecular flexibility index (Phi) is 5.37. The fourth-order valence-corrected chi connectivity index (χ4v) is 2.60. The fourth-order valence-electron chi connectivity index (χ4n) is 2.60. The maximum atomic E-state index is 11.8. The maximum Gasteiger partial charge on any atom is 0.309 e. The van der Waals surface area contributed by atoms with Crippen LogP contribution in [0.4, 0.5) is 0 Å². The molecular formula is C17H24N2O2. The summed E-state index contributed by atoms with van der Waals surface area (Å²) in [6.45, 7) is 4.67. The predicted molar refractivity (Wildman–Crippen MR) is 82.8 cm³/mol. The molecule has 4 nitrogen and oxygen atoms in total. The third-order valence-corrected chi connectivity index (χ3v) is 4.00. The van der Waals surface area contributed by atoms with Crippen LogP contribution in [0.2, 0.25) is 0 Å². The molecule has 2 rings (SSSR count). The molecular weight excluding hydrogens is 264 g/mol. The molecule has 0 unspecified atom stereocenters. The van der Waals surface area contributed by atoms with Crippen molar-refractivity contribution in [3.05, 3.63) is 35.4 Å². The number of benzene rings is 1. The van der Waals surface area contributed by atoms with Gasteiger partial charge in [0.1, 0.15) is 0 Å². The second kappa shape index (κ2) is 7.25. The van der Waals surface area contributed by atoms with Gasteiger partial charge in [-0.2, -0.15) is 0 Å². The third kappa shape index (κ3) is 4.59. The van der Waals surface area contributed by atoms with E-state index in [9.17, 15) is 9.59 Å². The van der Waals surface area contributed by atoms with Gasteiger partial charge in [-0.25, -0.2) is 0 Å². The van der Waals surface area contributed by atoms with Gasteiger partial charge in [0, 0.05) is 12.6 Å². The Hall–Kier alpha value is -1.84. The van der Waals surface area contributed by atoms with Crippen molar-refractivity contribution >= 4 is 11.8 Å². The molecule has 0 bridgehead atoms. The lowest BCUT2D eigenvalue weighted by atomic mass is 10.0. The highest BCUT2D eigenvalue weighted by atomic mass is 16.2. The van der Waals surface area contributed by atoms with Crippen molar-refractivity contribution in [3.8, 4) is 0 Å². The van der Waals surface area contributed by atoms with Gasteiger partial charge in [0.2, 0.25) is 0 Å².